The van der Waals surface area contributed by atoms with Crippen LogP contribution < -0.4 is 9.47 Å². The van der Waals surface area contributed by atoms with Gasteiger partial charge >= 0.3 is 0 Å². The van der Waals surface area contributed by atoms with Crippen molar-refractivity contribution in [3.05, 3.63) is 22.8 Å². The second-order valence-corrected chi connectivity index (χ2v) is 6.95. The Morgan fingerprint density at radius 1 is 1.08 bits per heavy atom. The van der Waals surface area contributed by atoms with E-state index in [1.54, 1.807) is 21.1 Å². The summed E-state index contributed by atoms with van der Waals surface area (Å²) in [7, 11) is 3.43. The third-order valence-electron chi connectivity index (χ3n) is 5.54. The standard InChI is InChI=1S/C20H29NO3/c1-14(22)21-12-11-15-13-18(23-2)20(24-3)16-9-7-5-4-6-8-10-17(21)19(15)16/h13,17H,4-12H2,1-3H3. The zero-order chi connectivity index (χ0) is 17.1. The Labute approximate surface area is 145 Å². The molecule has 1 aliphatic carbocycles. The highest BCUT2D eigenvalue weighted by molar-refractivity contribution is 5.75. The molecule has 0 saturated carbocycles. The van der Waals surface area contributed by atoms with E-state index in [0.29, 0.717) is 0 Å². The molecule has 1 amide bonds. The van der Waals surface area contributed by atoms with Crippen LogP contribution in [0.2, 0.25) is 0 Å². The minimum atomic E-state index is 0.184. The maximum atomic E-state index is 12.2. The minimum Gasteiger partial charge on any atom is -0.493 e. The van der Waals surface area contributed by atoms with E-state index in [0.717, 1.165) is 37.3 Å². The van der Waals surface area contributed by atoms with Gasteiger partial charge < -0.3 is 14.4 Å². The molecular weight excluding hydrogens is 302 g/mol. The van der Waals surface area contributed by atoms with Crippen molar-refractivity contribution < 1.29 is 14.3 Å². The van der Waals surface area contributed by atoms with Gasteiger partial charge in [0.15, 0.2) is 11.5 Å². The van der Waals surface area contributed by atoms with E-state index in [4.69, 9.17) is 9.47 Å². The number of benzene rings is 1. The topological polar surface area (TPSA) is 38.8 Å². The molecular formula is C20H29NO3. The highest BCUT2D eigenvalue weighted by Gasteiger charge is 2.33. The fraction of sp³-hybridized carbons (Fsp3) is 0.650. The quantitative estimate of drug-likeness (QED) is 0.821. The van der Waals surface area contributed by atoms with Crippen LogP contribution in [0.25, 0.3) is 0 Å². The molecule has 4 nitrogen and oxygen atoms in total. The van der Waals surface area contributed by atoms with Crippen LogP contribution in [0.1, 0.15) is 68.2 Å². The van der Waals surface area contributed by atoms with Gasteiger partial charge in [0.25, 0.3) is 0 Å². The zero-order valence-corrected chi connectivity index (χ0v) is 15.2. The number of carbonyl (C=O) groups excluding carboxylic acids is 1. The molecule has 0 spiro atoms. The average molecular weight is 331 g/mol. The van der Waals surface area contributed by atoms with Crippen LogP contribution in [0.5, 0.6) is 11.5 Å². The van der Waals surface area contributed by atoms with Gasteiger partial charge in [0.05, 0.1) is 20.3 Å². The molecule has 2 aliphatic rings. The maximum absolute atomic E-state index is 12.2. The van der Waals surface area contributed by atoms with Gasteiger partial charge in [0, 0.05) is 19.0 Å². The maximum Gasteiger partial charge on any atom is 0.219 e. The highest BCUT2D eigenvalue weighted by atomic mass is 16.5. The summed E-state index contributed by atoms with van der Waals surface area (Å²) in [5, 5.41) is 0. The van der Waals surface area contributed by atoms with E-state index in [1.807, 2.05) is 0 Å². The summed E-state index contributed by atoms with van der Waals surface area (Å²) in [5.41, 5.74) is 3.95. The van der Waals surface area contributed by atoms with E-state index in [1.165, 1.54) is 48.8 Å². The minimum absolute atomic E-state index is 0.184. The van der Waals surface area contributed by atoms with Gasteiger partial charge in [0.2, 0.25) is 5.91 Å². The summed E-state index contributed by atoms with van der Waals surface area (Å²) in [6.45, 7) is 2.51. The van der Waals surface area contributed by atoms with Crippen LogP contribution in [0, 0.1) is 0 Å². The number of hydrogen-bond acceptors (Lipinski definition) is 3. The molecule has 1 unspecified atom stereocenters. The van der Waals surface area contributed by atoms with E-state index in [-0.39, 0.29) is 11.9 Å². The van der Waals surface area contributed by atoms with Gasteiger partial charge in [-0.15, -0.1) is 0 Å². The van der Waals surface area contributed by atoms with Crippen LogP contribution in [0.3, 0.4) is 0 Å². The largest absolute Gasteiger partial charge is 0.493 e. The molecule has 1 aliphatic heterocycles. The Bertz CT molecular complexity index is 611. The smallest absolute Gasteiger partial charge is 0.219 e. The Kier molecular flexibility index (Phi) is 5.32. The molecule has 1 aromatic carbocycles. The fourth-order valence-electron chi connectivity index (χ4n) is 4.41. The first-order chi connectivity index (χ1) is 11.7. The lowest BCUT2D eigenvalue weighted by Gasteiger charge is -2.39. The van der Waals surface area contributed by atoms with Crippen LogP contribution in [-0.4, -0.2) is 31.6 Å². The summed E-state index contributed by atoms with van der Waals surface area (Å²) in [6.07, 6.45) is 9.11. The van der Waals surface area contributed by atoms with Gasteiger partial charge in [-0.3, -0.25) is 4.79 Å². The molecule has 0 aromatic heterocycles. The Balaban J connectivity index is 2.16. The molecule has 3 rings (SSSR count). The number of nitrogens with zero attached hydrogens (tertiary/aromatic N) is 1. The fourth-order valence-corrected chi connectivity index (χ4v) is 4.41. The normalized spacial score (nSPS) is 21.0. The van der Waals surface area contributed by atoms with E-state index in [2.05, 4.69) is 11.0 Å². The second kappa shape index (κ2) is 7.45. The first-order valence-electron chi connectivity index (χ1n) is 9.21. The van der Waals surface area contributed by atoms with Gasteiger partial charge in [-0.25, -0.2) is 0 Å². The molecule has 4 heteroatoms. The molecule has 132 valence electrons. The molecule has 0 saturated heterocycles. The van der Waals surface area contributed by atoms with Crippen LogP contribution in [-0.2, 0) is 17.6 Å². The number of rotatable bonds is 2. The molecule has 0 fully saturated rings. The zero-order valence-electron chi connectivity index (χ0n) is 15.2. The summed E-state index contributed by atoms with van der Waals surface area (Å²) in [4.78, 5) is 14.3. The predicted molar refractivity (Wildman–Crippen MR) is 94.8 cm³/mol. The first kappa shape index (κ1) is 17.1. The lowest BCUT2D eigenvalue weighted by molar-refractivity contribution is -0.131. The summed E-state index contributed by atoms with van der Waals surface area (Å²) < 4.78 is 11.3. The van der Waals surface area contributed by atoms with Gasteiger partial charge in [-0.1, -0.05) is 25.7 Å². The Morgan fingerprint density at radius 3 is 2.54 bits per heavy atom. The molecule has 24 heavy (non-hydrogen) atoms. The number of ether oxygens (including phenoxy) is 2. The van der Waals surface area contributed by atoms with Crippen LogP contribution in [0.4, 0.5) is 0 Å². The van der Waals surface area contributed by atoms with Crippen molar-refractivity contribution in [1.82, 2.24) is 4.90 Å². The van der Waals surface area contributed by atoms with Crippen LogP contribution in [0.15, 0.2) is 6.07 Å². The first-order valence-corrected chi connectivity index (χ1v) is 9.21. The van der Waals surface area contributed by atoms with Crippen molar-refractivity contribution >= 4 is 5.91 Å². The van der Waals surface area contributed by atoms with Crippen molar-refractivity contribution in [2.24, 2.45) is 0 Å². The predicted octanol–water partition coefficient (Wildman–Crippen LogP) is 4.05. The van der Waals surface area contributed by atoms with Gasteiger partial charge in [-0.2, -0.15) is 0 Å². The van der Waals surface area contributed by atoms with Crippen molar-refractivity contribution in [3.63, 3.8) is 0 Å². The summed E-state index contributed by atoms with van der Waals surface area (Å²) >= 11 is 0. The third-order valence-corrected chi connectivity index (χ3v) is 5.54. The molecule has 0 radical (unpaired) electrons. The van der Waals surface area contributed by atoms with E-state index >= 15 is 0 Å². The third kappa shape index (κ3) is 3.11. The second-order valence-electron chi connectivity index (χ2n) is 6.95. The van der Waals surface area contributed by atoms with Gasteiger partial charge in [-0.05, 0) is 42.9 Å². The van der Waals surface area contributed by atoms with E-state index in [9.17, 15) is 4.79 Å². The number of hydrogen-bond donors (Lipinski definition) is 0. The Morgan fingerprint density at radius 2 is 1.83 bits per heavy atom. The van der Waals surface area contributed by atoms with Gasteiger partial charge in [0.1, 0.15) is 0 Å². The number of methoxy groups -OCH3 is 2. The lowest BCUT2D eigenvalue weighted by atomic mass is 9.82. The number of amides is 1. The molecule has 1 aromatic rings. The van der Waals surface area contributed by atoms with Crippen molar-refractivity contribution in [3.8, 4) is 11.5 Å². The van der Waals surface area contributed by atoms with Crippen molar-refractivity contribution in [2.45, 2.75) is 64.3 Å². The molecule has 0 bridgehead atoms. The molecule has 0 N–H and O–H groups in total. The van der Waals surface area contributed by atoms with Crippen molar-refractivity contribution in [1.29, 1.82) is 0 Å². The van der Waals surface area contributed by atoms with Crippen LogP contribution >= 0.6 is 0 Å². The number of carbonyl (C=O) groups is 1. The van der Waals surface area contributed by atoms with Crippen molar-refractivity contribution in [2.75, 3.05) is 20.8 Å². The molecule has 1 heterocycles. The average Bonchev–Trinajstić information content (AvgIpc) is 2.59. The monoisotopic (exact) mass is 331 g/mol. The Hall–Kier alpha value is -1.71. The lowest BCUT2D eigenvalue weighted by Crippen LogP contribution is -2.39. The summed E-state index contributed by atoms with van der Waals surface area (Å²) in [5.74, 6) is 1.88. The summed E-state index contributed by atoms with van der Waals surface area (Å²) in [6, 6.07) is 2.33. The SMILES string of the molecule is COc1cc2c3c(c1OC)CCCCCCCC3N(C(C)=O)CC2. The molecule has 1 atom stereocenters. The van der Waals surface area contributed by atoms with E-state index < -0.39 is 0 Å². The highest BCUT2D eigenvalue weighted by Crippen LogP contribution is 2.45.